The molecule has 1 atom stereocenters. The third kappa shape index (κ3) is 4.19. The topological polar surface area (TPSA) is 42.3 Å². The Morgan fingerprint density at radius 2 is 2.00 bits per heavy atom. The zero-order valence-corrected chi connectivity index (χ0v) is 11.0. The average molecular weight is 284 g/mol. The van der Waals surface area contributed by atoms with E-state index in [1.165, 1.54) is 0 Å². The molecule has 0 amide bonds. The van der Waals surface area contributed by atoms with Gasteiger partial charge in [-0.05, 0) is 20.8 Å². The molecule has 3 nitrogen and oxygen atoms in total. The molecule has 0 spiro atoms. The van der Waals surface area contributed by atoms with Gasteiger partial charge in [-0.15, -0.1) is 11.3 Å². The predicted octanol–water partition coefficient (Wildman–Crippen LogP) is 3.04. The van der Waals surface area contributed by atoms with Crippen LogP contribution in [-0.2, 0) is 17.2 Å². The Labute approximate surface area is 103 Å². The lowest BCUT2D eigenvalue weighted by Crippen LogP contribution is -2.19. The summed E-state index contributed by atoms with van der Waals surface area (Å²) in [7, 11) is -1.48. The summed E-state index contributed by atoms with van der Waals surface area (Å²) in [5.41, 5.74) is 0. The van der Waals surface area contributed by atoms with E-state index in [4.69, 9.17) is 0 Å². The second-order valence-electron chi connectivity index (χ2n) is 4.16. The van der Waals surface area contributed by atoms with Crippen molar-refractivity contribution in [1.29, 1.82) is 0 Å². The fraction of sp³-hybridized carbons (Fsp3) is 0.556. The lowest BCUT2D eigenvalue weighted by Gasteiger charge is -2.12. The number of nitrogens with zero attached hydrogens (tertiary/aromatic N) is 2. The smallest absolute Gasteiger partial charge is 0.240 e. The summed E-state index contributed by atoms with van der Waals surface area (Å²) in [5.74, 6) is 0. The predicted molar refractivity (Wildman–Crippen MR) is 62.6 cm³/mol. The number of halogens is 3. The first-order valence-corrected chi connectivity index (χ1v) is 6.52. The van der Waals surface area contributed by atoms with Crippen LogP contribution in [0.4, 0.5) is 13.2 Å². The highest BCUT2D eigenvalue weighted by molar-refractivity contribution is 7.85. The van der Waals surface area contributed by atoms with Crippen molar-refractivity contribution in [2.45, 2.75) is 31.7 Å². The molecule has 0 radical (unpaired) electrons. The highest BCUT2D eigenvalue weighted by Crippen LogP contribution is 2.31. The summed E-state index contributed by atoms with van der Waals surface area (Å²) >= 11 is 0.473. The number of hydrogen-bond donors (Lipinski definition) is 0. The third-order valence-corrected chi connectivity index (χ3v) is 3.89. The maximum absolute atomic E-state index is 12.2. The van der Waals surface area contributed by atoms with Crippen LogP contribution < -0.4 is 0 Å². The van der Waals surface area contributed by atoms with E-state index in [1.54, 1.807) is 20.8 Å². The highest BCUT2D eigenvalue weighted by Gasteiger charge is 2.34. The molecule has 0 aliphatic carbocycles. The number of hydrogen-bond acceptors (Lipinski definition) is 3. The van der Waals surface area contributed by atoms with Crippen LogP contribution in [0.15, 0.2) is 10.6 Å². The zero-order valence-electron chi connectivity index (χ0n) is 9.41. The molecule has 8 heteroatoms. The first-order chi connectivity index (χ1) is 7.60. The molecule has 17 heavy (non-hydrogen) atoms. The Kier molecular flexibility index (Phi) is 4.08. The second-order valence-corrected chi connectivity index (χ2v) is 7.16. The first kappa shape index (κ1) is 14.3. The van der Waals surface area contributed by atoms with Gasteiger partial charge in [0.1, 0.15) is 11.0 Å². The van der Waals surface area contributed by atoms with E-state index in [2.05, 4.69) is 9.38 Å². The van der Waals surface area contributed by atoms with Gasteiger partial charge in [0.15, 0.2) is 5.01 Å². The lowest BCUT2D eigenvalue weighted by molar-refractivity contribution is -0.137. The molecule has 0 aliphatic rings. The van der Waals surface area contributed by atoms with Crippen molar-refractivity contribution in [1.82, 2.24) is 4.98 Å². The van der Waals surface area contributed by atoms with Gasteiger partial charge < -0.3 is 0 Å². The summed E-state index contributed by atoms with van der Waals surface area (Å²) in [6.07, 6.45) is -2.22. The number of alkyl halides is 3. The maximum Gasteiger partial charge on any atom is 0.443 e. The molecule has 1 aromatic rings. The van der Waals surface area contributed by atoms with Crippen LogP contribution in [0.2, 0.25) is 0 Å². The van der Waals surface area contributed by atoms with Gasteiger partial charge in [-0.25, -0.2) is 9.19 Å². The zero-order chi connectivity index (χ0) is 13.3. The highest BCUT2D eigenvalue weighted by atomic mass is 32.2. The van der Waals surface area contributed by atoms with Gasteiger partial charge in [0.2, 0.25) is 0 Å². The number of aromatic nitrogens is 1. The molecule has 0 saturated heterocycles. The van der Waals surface area contributed by atoms with Crippen LogP contribution in [0.3, 0.4) is 0 Å². The van der Waals surface area contributed by atoms with Gasteiger partial charge in [0.25, 0.3) is 0 Å². The van der Waals surface area contributed by atoms with E-state index in [1.807, 2.05) is 0 Å². The Balaban J connectivity index is 2.81. The van der Waals surface area contributed by atoms with Crippen LogP contribution in [0.1, 0.15) is 30.7 Å². The Morgan fingerprint density at radius 1 is 1.41 bits per heavy atom. The van der Waals surface area contributed by atoms with Crippen molar-refractivity contribution in [3.8, 4) is 0 Å². The van der Waals surface area contributed by atoms with Gasteiger partial charge in [0, 0.05) is 6.20 Å². The van der Waals surface area contributed by atoms with E-state index >= 15 is 0 Å². The summed E-state index contributed by atoms with van der Waals surface area (Å²) in [6.45, 7) is 5.19. The molecule has 0 N–H and O–H groups in total. The summed E-state index contributed by atoms with van der Waals surface area (Å²) in [5, 5.41) is -0.930. The van der Waals surface area contributed by atoms with Crippen LogP contribution in [0, 0.1) is 0 Å². The molecule has 96 valence electrons. The van der Waals surface area contributed by atoms with Crippen LogP contribution in [-0.4, -0.2) is 20.2 Å². The van der Waals surface area contributed by atoms with Crippen LogP contribution >= 0.6 is 11.3 Å². The second kappa shape index (κ2) is 4.85. The Hall–Kier alpha value is -0.760. The Morgan fingerprint density at radius 3 is 2.41 bits per heavy atom. The molecule has 0 aromatic carbocycles. The van der Waals surface area contributed by atoms with Crippen molar-refractivity contribution in [3.05, 3.63) is 16.1 Å². The first-order valence-electron chi connectivity index (χ1n) is 4.60. The molecule has 0 aliphatic heterocycles. The SMILES string of the molecule is CC(C)(C)[S@@](=O)N=Cc1cnc(C(F)(F)F)s1. The quantitative estimate of drug-likeness (QED) is 0.783. The van der Waals surface area contributed by atoms with Crippen molar-refractivity contribution in [3.63, 3.8) is 0 Å². The van der Waals surface area contributed by atoms with Crippen molar-refractivity contribution in [2.24, 2.45) is 4.40 Å². The molecule has 1 heterocycles. The van der Waals surface area contributed by atoms with Gasteiger partial charge >= 0.3 is 6.18 Å². The monoisotopic (exact) mass is 284 g/mol. The fourth-order valence-corrected chi connectivity index (χ4v) is 1.98. The van der Waals surface area contributed by atoms with Crippen molar-refractivity contribution >= 4 is 28.5 Å². The van der Waals surface area contributed by atoms with E-state index in [0.29, 0.717) is 11.3 Å². The Bertz CT molecular complexity index is 446. The normalized spacial score (nSPS) is 15.4. The largest absolute Gasteiger partial charge is 0.443 e. The standard InChI is InChI=1S/C9H11F3N2OS2/c1-8(2,3)17(15)14-5-6-4-13-7(16-6)9(10,11)12/h4-5H,1-3H3/t17-/m1/s1. The van der Waals surface area contributed by atoms with Gasteiger partial charge in [0.05, 0.1) is 15.8 Å². The van der Waals surface area contributed by atoms with Crippen LogP contribution in [0.5, 0.6) is 0 Å². The molecule has 0 unspecified atom stereocenters. The minimum absolute atomic E-state index is 0.231. The van der Waals surface area contributed by atoms with Gasteiger partial charge in [-0.2, -0.15) is 17.6 Å². The van der Waals surface area contributed by atoms with Crippen LogP contribution in [0.25, 0.3) is 0 Å². The summed E-state index contributed by atoms with van der Waals surface area (Å²) in [6, 6.07) is 0. The number of rotatable bonds is 2. The molecule has 1 rings (SSSR count). The van der Waals surface area contributed by atoms with E-state index in [-0.39, 0.29) is 4.88 Å². The lowest BCUT2D eigenvalue weighted by atomic mass is 10.3. The molecular weight excluding hydrogens is 273 g/mol. The van der Waals surface area contributed by atoms with E-state index in [9.17, 15) is 17.4 Å². The molecule has 0 saturated carbocycles. The third-order valence-electron chi connectivity index (χ3n) is 1.57. The maximum atomic E-state index is 12.2. The van der Waals surface area contributed by atoms with Crippen molar-refractivity contribution < 1.29 is 17.4 Å². The minimum atomic E-state index is -4.44. The van der Waals surface area contributed by atoms with Gasteiger partial charge in [-0.3, -0.25) is 0 Å². The summed E-state index contributed by atoms with van der Waals surface area (Å²) < 4.78 is 51.4. The molecule has 1 aromatic heterocycles. The fourth-order valence-electron chi connectivity index (χ4n) is 0.735. The van der Waals surface area contributed by atoms with E-state index < -0.39 is 26.9 Å². The average Bonchev–Trinajstić information content (AvgIpc) is 2.59. The van der Waals surface area contributed by atoms with E-state index in [0.717, 1.165) is 12.4 Å². The minimum Gasteiger partial charge on any atom is -0.240 e. The molecule has 0 bridgehead atoms. The molecular formula is C9H11F3N2OS2. The molecule has 0 fully saturated rings. The summed E-state index contributed by atoms with van der Waals surface area (Å²) in [4.78, 5) is 3.46. The number of thiazole rings is 1. The van der Waals surface area contributed by atoms with Gasteiger partial charge in [-0.1, -0.05) is 0 Å². The van der Waals surface area contributed by atoms with Crippen molar-refractivity contribution in [2.75, 3.05) is 0 Å².